The number of hydrogen-bond donors (Lipinski definition) is 1. The number of ether oxygens (including phenoxy) is 2. The van der Waals surface area contributed by atoms with E-state index in [0.717, 1.165) is 0 Å². The number of hydrogen-bond acceptors (Lipinski definition) is 4. The van der Waals surface area contributed by atoms with Crippen LogP contribution in [0.5, 0.6) is 11.5 Å². The maximum Gasteiger partial charge on any atom is 0.377 e. The molecule has 6 heteroatoms. The van der Waals surface area contributed by atoms with Crippen LogP contribution in [0.15, 0.2) is 16.6 Å². The van der Waals surface area contributed by atoms with Crippen molar-refractivity contribution in [3.05, 3.63) is 22.2 Å². The van der Waals surface area contributed by atoms with E-state index in [2.05, 4.69) is 15.9 Å². The number of carbonyl (C=O) groups is 2. The van der Waals surface area contributed by atoms with Crippen LogP contribution < -0.4 is 9.47 Å². The maximum atomic E-state index is 11.5. The third kappa shape index (κ3) is 2.89. The molecule has 102 valence electrons. The van der Waals surface area contributed by atoms with Crippen LogP contribution in [-0.2, 0) is 4.79 Å². The summed E-state index contributed by atoms with van der Waals surface area (Å²) in [6.45, 7) is 4.91. The molecule has 0 aliphatic carbocycles. The zero-order valence-corrected chi connectivity index (χ0v) is 12.1. The molecular weight excluding hydrogens is 316 g/mol. The second kappa shape index (κ2) is 4.85. The minimum atomic E-state index is -1.50. The van der Waals surface area contributed by atoms with Gasteiger partial charge in [-0.05, 0) is 28.1 Å². The van der Waals surface area contributed by atoms with E-state index in [4.69, 9.17) is 14.6 Å². The van der Waals surface area contributed by atoms with E-state index in [-0.39, 0.29) is 11.0 Å². The average Bonchev–Trinajstić information content (AvgIpc) is 2.47. The van der Waals surface area contributed by atoms with Crippen LogP contribution in [0.3, 0.4) is 0 Å². The van der Waals surface area contributed by atoms with Crippen molar-refractivity contribution in [3.8, 4) is 11.5 Å². The van der Waals surface area contributed by atoms with E-state index >= 15 is 0 Å². The molecule has 0 saturated heterocycles. The molecular formula is C13H13BrO5. The van der Waals surface area contributed by atoms with Crippen molar-refractivity contribution in [2.75, 3.05) is 13.2 Å². The number of carboxylic acid groups (broad SMARTS) is 1. The summed E-state index contributed by atoms with van der Waals surface area (Å²) in [4.78, 5) is 22.3. The van der Waals surface area contributed by atoms with Crippen LogP contribution in [0.2, 0.25) is 0 Å². The van der Waals surface area contributed by atoms with Gasteiger partial charge in [0.2, 0.25) is 0 Å². The Morgan fingerprint density at radius 2 is 1.74 bits per heavy atom. The van der Waals surface area contributed by atoms with Crippen molar-refractivity contribution >= 4 is 27.7 Å². The minimum absolute atomic E-state index is 0.0505. The van der Waals surface area contributed by atoms with Crippen molar-refractivity contribution in [2.45, 2.75) is 13.8 Å². The van der Waals surface area contributed by atoms with Gasteiger partial charge in [0.05, 0.1) is 13.2 Å². The molecule has 1 aliphatic rings. The van der Waals surface area contributed by atoms with Gasteiger partial charge < -0.3 is 14.6 Å². The van der Waals surface area contributed by atoms with Crippen LogP contribution in [0.4, 0.5) is 0 Å². The Balaban J connectivity index is 2.42. The van der Waals surface area contributed by atoms with E-state index in [1.54, 1.807) is 6.07 Å². The molecule has 5 nitrogen and oxygen atoms in total. The zero-order chi connectivity index (χ0) is 14.2. The third-order valence-electron chi connectivity index (χ3n) is 2.71. The molecule has 19 heavy (non-hydrogen) atoms. The Kier molecular flexibility index (Phi) is 3.54. The number of aliphatic carboxylic acids is 1. The van der Waals surface area contributed by atoms with Gasteiger partial charge in [-0.3, -0.25) is 4.79 Å². The van der Waals surface area contributed by atoms with Crippen LogP contribution in [0.1, 0.15) is 24.2 Å². The number of fused-ring (bicyclic) bond motifs is 1. The van der Waals surface area contributed by atoms with Crippen molar-refractivity contribution in [2.24, 2.45) is 5.41 Å². The number of carboxylic acids is 1. The van der Waals surface area contributed by atoms with E-state index < -0.39 is 11.8 Å². The summed E-state index contributed by atoms with van der Waals surface area (Å²) in [6.07, 6.45) is 0. The molecule has 0 saturated carbocycles. The molecule has 1 aromatic rings. The minimum Gasteiger partial charge on any atom is -0.489 e. The van der Waals surface area contributed by atoms with Gasteiger partial charge in [-0.25, -0.2) is 4.79 Å². The highest BCUT2D eigenvalue weighted by Crippen LogP contribution is 2.37. The highest BCUT2D eigenvalue weighted by molar-refractivity contribution is 9.10. The molecule has 0 spiro atoms. The van der Waals surface area contributed by atoms with Gasteiger partial charge in [0.25, 0.3) is 5.78 Å². The Labute approximate surface area is 118 Å². The fourth-order valence-electron chi connectivity index (χ4n) is 1.64. The van der Waals surface area contributed by atoms with Crippen LogP contribution in [0, 0.1) is 5.41 Å². The molecule has 0 bridgehead atoms. The molecule has 0 unspecified atom stereocenters. The number of rotatable bonds is 2. The number of benzene rings is 1. The SMILES string of the molecule is CC1(C)COc2cc(Br)c(C(=O)C(=O)O)cc2OC1. The molecule has 1 heterocycles. The van der Waals surface area contributed by atoms with Gasteiger partial charge in [-0.15, -0.1) is 0 Å². The maximum absolute atomic E-state index is 11.5. The first-order valence-corrected chi connectivity index (χ1v) is 6.46. The Hall–Kier alpha value is -1.56. The lowest BCUT2D eigenvalue weighted by Gasteiger charge is -2.19. The fourth-order valence-corrected chi connectivity index (χ4v) is 2.14. The monoisotopic (exact) mass is 328 g/mol. The molecule has 0 aromatic heterocycles. The van der Waals surface area contributed by atoms with Gasteiger partial charge in [-0.1, -0.05) is 13.8 Å². The van der Waals surface area contributed by atoms with Crippen LogP contribution in [-0.4, -0.2) is 30.1 Å². The quantitative estimate of drug-likeness (QED) is 0.667. The molecule has 2 rings (SSSR count). The standard InChI is InChI=1S/C13H13BrO5/c1-13(2)5-18-9-3-7(11(15)12(16)17)8(14)4-10(9)19-6-13/h3-4H,5-6H2,1-2H3,(H,16,17). The summed E-state index contributed by atoms with van der Waals surface area (Å²) in [5.41, 5.74) is -0.0998. The molecule has 1 aromatic carbocycles. The lowest BCUT2D eigenvalue weighted by molar-refractivity contribution is -0.131. The molecule has 0 amide bonds. The summed E-state index contributed by atoms with van der Waals surface area (Å²) < 4.78 is 11.6. The fraction of sp³-hybridized carbons (Fsp3) is 0.385. The molecule has 0 radical (unpaired) electrons. The summed E-state index contributed by atoms with van der Waals surface area (Å²) in [7, 11) is 0. The van der Waals surface area contributed by atoms with E-state index in [1.165, 1.54) is 6.07 Å². The highest BCUT2D eigenvalue weighted by atomic mass is 79.9. The number of carbonyl (C=O) groups excluding carboxylic acids is 1. The summed E-state index contributed by atoms with van der Waals surface area (Å²) in [5, 5.41) is 8.76. The molecule has 1 N–H and O–H groups in total. The van der Waals surface area contributed by atoms with E-state index in [9.17, 15) is 9.59 Å². The second-order valence-electron chi connectivity index (χ2n) is 5.15. The first-order chi connectivity index (χ1) is 8.80. The lowest BCUT2D eigenvalue weighted by atomic mass is 9.97. The zero-order valence-electron chi connectivity index (χ0n) is 10.5. The summed E-state index contributed by atoms with van der Waals surface area (Å²) in [6, 6.07) is 2.96. The van der Waals surface area contributed by atoms with Crippen molar-refractivity contribution in [1.82, 2.24) is 0 Å². The van der Waals surface area contributed by atoms with Crippen molar-refractivity contribution in [1.29, 1.82) is 0 Å². The predicted octanol–water partition coefficient (Wildman–Crippen LogP) is 2.51. The normalized spacial score (nSPS) is 16.6. The first-order valence-electron chi connectivity index (χ1n) is 5.67. The van der Waals surface area contributed by atoms with Gasteiger partial charge >= 0.3 is 5.97 Å². The highest BCUT2D eigenvalue weighted by Gasteiger charge is 2.27. The lowest BCUT2D eigenvalue weighted by Crippen LogP contribution is -2.26. The summed E-state index contributed by atoms with van der Waals surface area (Å²) >= 11 is 3.18. The molecule has 0 fully saturated rings. The Morgan fingerprint density at radius 3 is 2.26 bits per heavy atom. The van der Waals surface area contributed by atoms with E-state index in [1.807, 2.05) is 13.8 Å². The second-order valence-corrected chi connectivity index (χ2v) is 6.01. The van der Waals surface area contributed by atoms with Crippen molar-refractivity contribution < 1.29 is 24.2 Å². The van der Waals surface area contributed by atoms with Crippen LogP contribution >= 0.6 is 15.9 Å². The van der Waals surface area contributed by atoms with Crippen LogP contribution in [0.25, 0.3) is 0 Å². The van der Waals surface area contributed by atoms with Gasteiger partial charge in [0.1, 0.15) is 0 Å². The first kappa shape index (κ1) is 13.9. The number of ketones is 1. The smallest absolute Gasteiger partial charge is 0.377 e. The van der Waals surface area contributed by atoms with Gasteiger partial charge in [0, 0.05) is 15.5 Å². The number of Topliss-reactive ketones (excluding diaryl/α,β-unsaturated/α-hetero) is 1. The topological polar surface area (TPSA) is 72.8 Å². The molecule has 1 aliphatic heterocycles. The largest absolute Gasteiger partial charge is 0.489 e. The Morgan fingerprint density at radius 1 is 1.21 bits per heavy atom. The number of halogens is 1. The van der Waals surface area contributed by atoms with Gasteiger partial charge in [-0.2, -0.15) is 0 Å². The Bertz CT molecular complexity index is 550. The van der Waals surface area contributed by atoms with Gasteiger partial charge in [0.15, 0.2) is 11.5 Å². The third-order valence-corrected chi connectivity index (χ3v) is 3.37. The van der Waals surface area contributed by atoms with Crippen molar-refractivity contribution in [3.63, 3.8) is 0 Å². The van der Waals surface area contributed by atoms with E-state index in [0.29, 0.717) is 29.2 Å². The predicted molar refractivity (Wildman–Crippen MR) is 70.9 cm³/mol. The molecule has 0 atom stereocenters. The average molecular weight is 329 g/mol. The summed E-state index contributed by atoms with van der Waals surface area (Å²) in [5.74, 6) is -1.60.